The number of ether oxygens (including phenoxy) is 1. The number of anilines is 1. The van der Waals surface area contributed by atoms with Gasteiger partial charge >= 0.3 is 5.97 Å². The lowest BCUT2D eigenvalue weighted by atomic mass is 9.96. The molecule has 2 heterocycles. The highest BCUT2D eigenvalue weighted by molar-refractivity contribution is 5.69. The average molecular weight is 485 g/mol. The predicted octanol–water partition coefficient (Wildman–Crippen LogP) is 4.26. The Kier molecular flexibility index (Phi) is 8.19. The topological polar surface area (TPSA) is 78.8 Å². The number of benzene rings is 2. The minimum absolute atomic E-state index is 0.0133. The molecule has 0 saturated heterocycles. The molecule has 0 fully saturated rings. The van der Waals surface area contributed by atoms with Crippen molar-refractivity contribution in [1.29, 1.82) is 0 Å². The van der Waals surface area contributed by atoms with E-state index in [1.807, 2.05) is 49.5 Å². The maximum atomic E-state index is 11.1. The second-order valence-corrected chi connectivity index (χ2v) is 9.22. The van der Waals surface area contributed by atoms with Crippen LogP contribution in [0.25, 0.3) is 0 Å². The molecule has 1 N–H and O–H groups in total. The minimum atomic E-state index is -0.858. The minimum Gasteiger partial charge on any atom is -0.489 e. The highest BCUT2D eigenvalue weighted by Gasteiger charge is 2.19. The number of aromatic nitrogens is 2. The molecular weight excluding hydrogens is 452 g/mol. The summed E-state index contributed by atoms with van der Waals surface area (Å²) in [5, 5.41) is 9.13. The molecule has 7 nitrogen and oxygen atoms in total. The van der Waals surface area contributed by atoms with Crippen LogP contribution in [0, 0.1) is 11.8 Å². The first kappa shape index (κ1) is 25.2. The lowest BCUT2D eigenvalue weighted by molar-refractivity contribution is -0.137. The molecule has 186 valence electrons. The summed E-state index contributed by atoms with van der Waals surface area (Å²) < 4.78 is 6.00. The largest absolute Gasteiger partial charge is 0.489 e. The number of aliphatic carboxylic acids is 1. The Bertz CT molecular complexity index is 1260. The molecule has 1 aliphatic rings. The van der Waals surface area contributed by atoms with E-state index in [1.165, 1.54) is 11.1 Å². The number of hydrogen-bond acceptors (Lipinski definition) is 6. The number of fused-ring (bicyclic) bond motifs is 1. The van der Waals surface area contributed by atoms with Crippen LogP contribution in [0.5, 0.6) is 5.75 Å². The highest BCUT2D eigenvalue weighted by atomic mass is 16.5. The van der Waals surface area contributed by atoms with Crippen molar-refractivity contribution in [3.05, 3.63) is 82.7 Å². The van der Waals surface area contributed by atoms with Crippen LogP contribution in [0.4, 0.5) is 5.95 Å². The maximum absolute atomic E-state index is 11.1. The van der Waals surface area contributed by atoms with Gasteiger partial charge in [-0.2, -0.15) is 0 Å². The lowest BCUT2D eigenvalue weighted by Crippen LogP contribution is -2.31. The molecule has 0 bridgehead atoms. The van der Waals surface area contributed by atoms with Gasteiger partial charge in [0.1, 0.15) is 12.4 Å². The molecule has 3 aromatic rings. The van der Waals surface area contributed by atoms with Gasteiger partial charge in [0.15, 0.2) is 0 Å². The zero-order valence-electron chi connectivity index (χ0n) is 21.1. The van der Waals surface area contributed by atoms with Crippen molar-refractivity contribution in [2.24, 2.45) is 0 Å². The summed E-state index contributed by atoms with van der Waals surface area (Å²) in [6, 6.07) is 16.0. The summed E-state index contributed by atoms with van der Waals surface area (Å²) in [6.45, 7) is 4.86. The fourth-order valence-electron chi connectivity index (χ4n) is 4.35. The van der Waals surface area contributed by atoms with Crippen molar-refractivity contribution in [1.82, 2.24) is 14.9 Å². The molecule has 0 spiro atoms. The summed E-state index contributed by atoms with van der Waals surface area (Å²) in [7, 11) is 3.92. The van der Waals surface area contributed by atoms with Gasteiger partial charge in [0, 0.05) is 51.9 Å². The van der Waals surface area contributed by atoms with Crippen molar-refractivity contribution in [2.45, 2.75) is 45.4 Å². The molecule has 0 radical (unpaired) electrons. The van der Waals surface area contributed by atoms with Crippen LogP contribution in [-0.2, 0) is 30.9 Å². The van der Waals surface area contributed by atoms with E-state index in [-0.39, 0.29) is 12.3 Å². The number of rotatable bonds is 9. The molecule has 1 atom stereocenters. The number of carboxylic acids is 1. The summed E-state index contributed by atoms with van der Waals surface area (Å²) >= 11 is 0. The van der Waals surface area contributed by atoms with E-state index < -0.39 is 5.97 Å². The molecular formula is C29H32N4O3. The van der Waals surface area contributed by atoms with Gasteiger partial charge in [-0.25, -0.2) is 9.97 Å². The fourth-order valence-corrected chi connectivity index (χ4v) is 4.35. The summed E-state index contributed by atoms with van der Waals surface area (Å²) in [5.41, 5.74) is 5.58. The predicted molar refractivity (Wildman–Crippen MR) is 140 cm³/mol. The summed E-state index contributed by atoms with van der Waals surface area (Å²) in [6.07, 6.45) is 2.87. The molecule has 1 aliphatic heterocycles. The molecule has 36 heavy (non-hydrogen) atoms. The average Bonchev–Trinajstić information content (AvgIpc) is 2.87. The lowest BCUT2D eigenvalue weighted by Gasteiger charge is -2.28. The van der Waals surface area contributed by atoms with E-state index in [0.717, 1.165) is 54.6 Å². The second-order valence-electron chi connectivity index (χ2n) is 9.22. The normalized spacial score (nSPS) is 13.8. The van der Waals surface area contributed by atoms with Gasteiger partial charge < -0.3 is 14.7 Å². The molecule has 0 saturated carbocycles. The number of nitrogens with zero attached hydrogens (tertiary/aromatic N) is 4. The van der Waals surface area contributed by atoms with Crippen LogP contribution < -0.4 is 9.64 Å². The van der Waals surface area contributed by atoms with Crippen molar-refractivity contribution >= 4 is 11.9 Å². The molecule has 0 aliphatic carbocycles. The van der Waals surface area contributed by atoms with E-state index in [2.05, 4.69) is 46.0 Å². The van der Waals surface area contributed by atoms with Crippen LogP contribution in [0.2, 0.25) is 0 Å². The van der Waals surface area contributed by atoms with Crippen molar-refractivity contribution in [2.75, 3.05) is 25.5 Å². The Hall–Kier alpha value is -3.89. The first-order valence-corrected chi connectivity index (χ1v) is 12.1. The van der Waals surface area contributed by atoms with E-state index >= 15 is 0 Å². The monoisotopic (exact) mass is 484 g/mol. The van der Waals surface area contributed by atoms with E-state index in [4.69, 9.17) is 14.8 Å². The third kappa shape index (κ3) is 6.61. The molecule has 0 unspecified atom stereocenters. The fraction of sp³-hybridized carbons (Fsp3) is 0.345. The standard InChI is InChI=1S/C29H32N4O3/c1-4-6-24(16-28(34)35)23-9-11-26(12-10-23)36-20-22-8-5-7-21(15-22)18-33-14-13-27-25(19-33)17-30-29(31-27)32(2)3/h5,7-12,15,17,24H,13-14,16,18-20H2,1-3H3,(H,34,35)/t24-/m0/s1. The number of hydrogen-bond donors (Lipinski definition) is 1. The summed E-state index contributed by atoms with van der Waals surface area (Å²) in [5.74, 6) is 6.13. The van der Waals surface area contributed by atoms with Gasteiger partial charge in [-0.05, 0) is 35.7 Å². The molecule has 1 aromatic heterocycles. The summed E-state index contributed by atoms with van der Waals surface area (Å²) in [4.78, 5) is 24.7. The Balaban J connectivity index is 1.34. The Morgan fingerprint density at radius 3 is 2.69 bits per heavy atom. The van der Waals surface area contributed by atoms with Gasteiger partial charge in [0.05, 0.1) is 18.0 Å². The van der Waals surface area contributed by atoms with Crippen molar-refractivity contribution < 1.29 is 14.6 Å². The van der Waals surface area contributed by atoms with Crippen molar-refractivity contribution in [3.8, 4) is 17.6 Å². The Labute approximate surface area is 212 Å². The third-order valence-corrected chi connectivity index (χ3v) is 6.18. The van der Waals surface area contributed by atoms with Crippen LogP contribution in [-0.4, -0.2) is 46.6 Å². The van der Waals surface area contributed by atoms with Gasteiger partial charge in [-0.3, -0.25) is 9.69 Å². The molecule has 2 aromatic carbocycles. The van der Waals surface area contributed by atoms with Gasteiger partial charge in [-0.15, -0.1) is 5.92 Å². The van der Waals surface area contributed by atoms with Gasteiger partial charge in [0.25, 0.3) is 0 Å². The quantitative estimate of drug-likeness (QED) is 0.455. The molecule has 0 amide bonds. The molecule has 4 rings (SSSR count). The first-order valence-electron chi connectivity index (χ1n) is 12.1. The smallest absolute Gasteiger partial charge is 0.304 e. The SMILES string of the molecule is CC#C[C@@H](CC(=O)O)c1ccc(OCc2cccc(CN3CCc4nc(N(C)C)ncc4C3)c2)cc1. The van der Waals surface area contributed by atoms with Crippen molar-refractivity contribution in [3.63, 3.8) is 0 Å². The molecule has 7 heteroatoms. The van der Waals surface area contributed by atoms with E-state index in [9.17, 15) is 4.79 Å². The Morgan fingerprint density at radius 1 is 1.19 bits per heavy atom. The second kappa shape index (κ2) is 11.7. The zero-order valence-corrected chi connectivity index (χ0v) is 21.1. The van der Waals surface area contributed by atoms with Gasteiger partial charge in [-0.1, -0.05) is 42.3 Å². The number of carbonyl (C=O) groups is 1. The maximum Gasteiger partial charge on any atom is 0.304 e. The highest BCUT2D eigenvalue weighted by Crippen LogP contribution is 2.24. The van der Waals surface area contributed by atoms with Crippen LogP contribution in [0.15, 0.2) is 54.7 Å². The zero-order chi connectivity index (χ0) is 25.5. The Morgan fingerprint density at radius 2 is 1.97 bits per heavy atom. The van der Waals surface area contributed by atoms with Crippen LogP contribution >= 0.6 is 0 Å². The third-order valence-electron chi connectivity index (χ3n) is 6.18. The van der Waals surface area contributed by atoms with Crippen LogP contribution in [0.1, 0.15) is 47.2 Å². The first-order chi connectivity index (χ1) is 17.4. The van der Waals surface area contributed by atoms with E-state index in [0.29, 0.717) is 6.61 Å². The van der Waals surface area contributed by atoms with Gasteiger partial charge in [0.2, 0.25) is 5.95 Å². The number of carboxylic acid groups (broad SMARTS) is 1. The van der Waals surface area contributed by atoms with E-state index in [1.54, 1.807) is 6.92 Å². The van der Waals surface area contributed by atoms with Crippen LogP contribution in [0.3, 0.4) is 0 Å².